The molecule has 0 radical (unpaired) electrons. The van der Waals surface area contributed by atoms with Crippen molar-refractivity contribution in [2.24, 2.45) is 0 Å². The van der Waals surface area contributed by atoms with Crippen LogP contribution >= 0.6 is 11.8 Å². The van der Waals surface area contributed by atoms with Gasteiger partial charge in [-0.05, 0) is 36.4 Å². The molecule has 0 aliphatic rings. The van der Waals surface area contributed by atoms with Gasteiger partial charge < -0.3 is 4.42 Å². The summed E-state index contributed by atoms with van der Waals surface area (Å²) in [5.41, 5.74) is 1.86. The second kappa shape index (κ2) is 5.89. The Bertz CT molecular complexity index is 946. The van der Waals surface area contributed by atoms with Gasteiger partial charge in [0.25, 0.3) is 0 Å². The van der Waals surface area contributed by atoms with Crippen LogP contribution in [0.4, 0.5) is 4.39 Å². The number of oxazole rings is 1. The molecule has 1 aromatic carbocycles. The molecular formula is C17H12FN3OS. The van der Waals surface area contributed by atoms with Gasteiger partial charge in [0.05, 0.1) is 23.7 Å². The molecule has 4 aromatic rings. The van der Waals surface area contributed by atoms with E-state index >= 15 is 0 Å². The molecule has 3 heterocycles. The van der Waals surface area contributed by atoms with Crippen LogP contribution in [0, 0.1) is 5.82 Å². The molecule has 6 heteroatoms. The van der Waals surface area contributed by atoms with E-state index in [9.17, 15) is 4.39 Å². The van der Waals surface area contributed by atoms with Gasteiger partial charge in [0.2, 0.25) is 5.89 Å². The van der Waals surface area contributed by atoms with E-state index in [1.165, 1.54) is 12.1 Å². The highest BCUT2D eigenvalue weighted by molar-refractivity contribution is 7.98. The van der Waals surface area contributed by atoms with E-state index < -0.39 is 0 Å². The van der Waals surface area contributed by atoms with Gasteiger partial charge in [-0.15, -0.1) is 0 Å². The van der Waals surface area contributed by atoms with E-state index in [1.807, 2.05) is 35.0 Å². The molecule has 0 saturated heterocycles. The van der Waals surface area contributed by atoms with E-state index in [4.69, 9.17) is 4.42 Å². The summed E-state index contributed by atoms with van der Waals surface area (Å²) in [5, 5.41) is 0.891. The Morgan fingerprint density at radius 1 is 1.04 bits per heavy atom. The van der Waals surface area contributed by atoms with Crippen LogP contribution in [-0.4, -0.2) is 14.4 Å². The van der Waals surface area contributed by atoms with Crippen molar-refractivity contribution in [3.63, 3.8) is 0 Å². The maximum Gasteiger partial charge on any atom is 0.205 e. The molecule has 0 amide bonds. The summed E-state index contributed by atoms with van der Waals surface area (Å²) in [4.78, 5) is 8.68. The summed E-state index contributed by atoms with van der Waals surface area (Å²) in [7, 11) is 0. The lowest BCUT2D eigenvalue weighted by molar-refractivity contribution is 0.529. The number of hydrogen-bond acceptors (Lipinski definition) is 4. The number of rotatable bonds is 4. The lowest BCUT2D eigenvalue weighted by Crippen LogP contribution is -1.87. The highest BCUT2D eigenvalue weighted by Crippen LogP contribution is 2.25. The van der Waals surface area contributed by atoms with Crippen molar-refractivity contribution in [1.82, 2.24) is 14.4 Å². The number of aromatic nitrogens is 3. The van der Waals surface area contributed by atoms with E-state index in [-0.39, 0.29) is 5.82 Å². The summed E-state index contributed by atoms with van der Waals surface area (Å²) in [6, 6.07) is 12.1. The highest BCUT2D eigenvalue weighted by atomic mass is 32.2. The van der Waals surface area contributed by atoms with Crippen LogP contribution in [0.3, 0.4) is 0 Å². The number of fused-ring (bicyclic) bond motifs is 1. The second-order valence-corrected chi connectivity index (χ2v) is 5.89. The average molecular weight is 325 g/mol. The third-order valence-electron chi connectivity index (χ3n) is 3.41. The zero-order valence-corrected chi connectivity index (χ0v) is 12.8. The minimum Gasteiger partial charge on any atom is -0.440 e. The molecule has 114 valence electrons. The van der Waals surface area contributed by atoms with Gasteiger partial charge in [-0.2, -0.15) is 0 Å². The molecule has 3 aromatic heterocycles. The Hall–Kier alpha value is -2.60. The quantitative estimate of drug-likeness (QED) is 0.521. The summed E-state index contributed by atoms with van der Waals surface area (Å²) in [6.45, 7) is 0. The van der Waals surface area contributed by atoms with Gasteiger partial charge in [-0.3, -0.25) is 4.40 Å². The lowest BCUT2D eigenvalue weighted by atomic mass is 10.2. The fourth-order valence-corrected chi connectivity index (χ4v) is 3.10. The van der Waals surface area contributed by atoms with Gasteiger partial charge in [0.1, 0.15) is 5.82 Å². The summed E-state index contributed by atoms with van der Waals surface area (Å²) in [6.07, 6.45) is 5.47. The van der Waals surface area contributed by atoms with Crippen LogP contribution in [0.25, 0.3) is 16.8 Å². The average Bonchev–Trinajstić information content (AvgIpc) is 3.20. The van der Waals surface area contributed by atoms with Crippen molar-refractivity contribution in [1.29, 1.82) is 0 Å². The summed E-state index contributed by atoms with van der Waals surface area (Å²) in [5.74, 6) is 1.56. The molecule has 4 rings (SSSR count). The van der Waals surface area contributed by atoms with Crippen molar-refractivity contribution >= 4 is 17.3 Å². The van der Waals surface area contributed by atoms with E-state index in [2.05, 4.69) is 9.97 Å². The standard InChI is InChI=1S/C17H12FN3OS/c18-13-6-4-12(5-7-13)15-10-19-16(22-15)11-23-17-20-9-14-3-1-2-8-21(14)17/h1-10H,11H2. The predicted molar refractivity (Wildman–Crippen MR) is 86.7 cm³/mol. The Balaban J connectivity index is 1.51. The largest absolute Gasteiger partial charge is 0.440 e. The molecule has 0 saturated carbocycles. The molecule has 4 nitrogen and oxygen atoms in total. The van der Waals surface area contributed by atoms with E-state index in [0.29, 0.717) is 17.4 Å². The fourth-order valence-electron chi connectivity index (χ4n) is 2.28. The third kappa shape index (κ3) is 2.85. The number of nitrogens with zero attached hydrogens (tertiary/aromatic N) is 3. The molecule has 23 heavy (non-hydrogen) atoms. The normalized spacial score (nSPS) is 11.2. The maximum absolute atomic E-state index is 13.0. The van der Waals surface area contributed by atoms with Crippen molar-refractivity contribution in [3.8, 4) is 11.3 Å². The van der Waals surface area contributed by atoms with Gasteiger partial charge in [0, 0.05) is 11.8 Å². The van der Waals surface area contributed by atoms with Crippen LogP contribution in [0.5, 0.6) is 0 Å². The van der Waals surface area contributed by atoms with Crippen molar-refractivity contribution in [2.75, 3.05) is 0 Å². The molecule has 0 bridgehead atoms. The first-order valence-electron chi connectivity index (χ1n) is 7.05. The van der Waals surface area contributed by atoms with E-state index in [0.717, 1.165) is 16.2 Å². The van der Waals surface area contributed by atoms with Gasteiger partial charge >= 0.3 is 0 Å². The fraction of sp³-hybridized carbons (Fsp3) is 0.0588. The minimum atomic E-state index is -0.268. The third-order valence-corrected chi connectivity index (χ3v) is 4.36. The molecule has 0 N–H and O–H groups in total. The summed E-state index contributed by atoms with van der Waals surface area (Å²) < 4.78 is 20.7. The van der Waals surface area contributed by atoms with Crippen molar-refractivity contribution in [2.45, 2.75) is 10.9 Å². The molecule has 0 atom stereocenters. The molecule has 0 spiro atoms. The minimum absolute atomic E-state index is 0.268. The maximum atomic E-state index is 13.0. The van der Waals surface area contributed by atoms with Crippen LogP contribution < -0.4 is 0 Å². The molecule has 0 fully saturated rings. The highest BCUT2D eigenvalue weighted by Gasteiger charge is 2.09. The van der Waals surface area contributed by atoms with Crippen LogP contribution in [0.2, 0.25) is 0 Å². The number of hydrogen-bond donors (Lipinski definition) is 0. The first-order valence-corrected chi connectivity index (χ1v) is 8.04. The number of thioether (sulfide) groups is 1. The molecule has 0 aliphatic carbocycles. The van der Waals surface area contributed by atoms with Crippen LogP contribution in [-0.2, 0) is 5.75 Å². The molecule has 0 aliphatic heterocycles. The molecule has 0 unspecified atom stereocenters. The monoisotopic (exact) mass is 325 g/mol. The Morgan fingerprint density at radius 3 is 2.78 bits per heavy atom. The smallest absolute Gasteiger partial charge is 0.205 e. The van der Waals surface area contributed by atoms with E-state index in [1.54, 1.807) is 30.1 Å². The number of halogens is 1. The number of benzene rings is 1. The zero-order chi connectivity index (χ0) is 15.6. The number of imidazole rings is 1. The topological polar surface area (TPSA) is 43.3 Å². The van der Waals surface area contributed by atoms with Crippen LogP contribution in [0.15, 0.2) is 70.6 Å². The SMILES string of the molecule is Fc1ccc(-c2cnc(CSc3ncc4ccccn34)o2)cc1. The Labute approximate surface area is 136 Å². The van der Waals surface area contributed by atoms with Crippen molar-refractivity contribution in [3.05, 3.63) is 72.8 Å². The lowest BCUT2D eigenvalue weighted by Gasteiger charge is -1.99. The number of pyridine rings is 1. The Kier molecular flexibility index (Phi) is 3.59. The van der Waals surface area contributed by atoms with Gasteiger partial charge in [-0.1, -0.05) is 17.8 Å². The first-order chi connectivity index (χ1) is 11.3. The Morgan fingerprint density at radius 2 is 1.91 bits per heavy atom. The first kappa shape index (κ1) is 14.0. The van der Waals surface area contributed by atoms with Gasteiger partial charge in [-0.25, -0.2) is 14.4 Å². The zero-order valence-electron chi connectivity index (χ0n) is 12.0. The van der Waals surface area contributed by atoms with Crippen molar-refractivity contribution < 1.29 is 8.81 Å². The second-order valence-electron chi connectivity index (χ2n) is 4.95. The predicted octanol–water partition coefficient (Wildman–Crippen LogP) is 4.42. The van der Waals surface area contributed by atoms with Gasteiger partial charge in [0.15, 0.2) is 10.9 Å². The summed E-state index contributed by atoms with van der Waals surface area (Å²) >= 11 is 1.56. The molecular weight excluding hydrogens is 313 g/mol. The van der Waals surface area contributed by atoms with Crippen LogP contribution in [0.1, 0.15) is 5.89 Å².